The molecule has 0 saturated heterocycles. The highest BCUT2D eigenvalue weighted by Gasteiger charge is 2.24. The highest BCUT2D eigenvalue weighted by atomic mass is 16.5. The molecule has 1 atom stereocenters. The molecule has 1 unspecified atom stereocenters. The Hall–Kier alpha value is -1.22. The van der Waals surface area contributed by atoms with E-state index in [-0.39, 0.29) is 0 Å². The van der Waals surface area contributed by atoms with Crippen molar-refractivity contribution in [3.63, 3.8) is 0 Å². The summed E-state index contributed by atoms with van der Waals surface area (Å²) in [6.45, 7) is 5.00. The molecule has 0 aromatic heterocycles. The topological polar surface area (TPSA) is 30.5 Å². The van der Waals surface area contributed by atoms with Crippen LogP contribution >= 0.6 is 0 Å². The molecule has 0 amide bonds. The predicted molar refractivity (Wildman–Crippen MR) is 64.4 cm³/mol. The Morgan fingerprint density at radius 3 is 3.12 bits per heavy atom. The second kappa shape index (κ2) is 5.21. The molecule has 0 fully saturated rings. The van der Waals surface area contributed by atoms with Gasteiger partial charge in [0, 0.05) is 18.0 Å². The van der Waals surface area contributed by atoms with Crippen LogP contribution in [0.3, 0.4) is 0 Å². The molecule has 16 heavy (non-hydrogen) atoms. The third kappa shape index (κ3) is 2.30. The van der Waals surface area contributed by atoms with Crippen LogP contribution < -0.4 is 14.8 Å². The Kier molecular flexibility index (Phi) is 3.67. The molecule has 1 heterocycles. The number of hydrogen-bond donors (Lipinski definition) is 1. The second-order valence-electron chi connectivity index (χ2n) is 4.12. The van der Waals surface area contributed by atoms with Crippen LogP contribution in [0.15, 0.2) is 18.2 Å². The number of hydrogen-bond acceptors (Lipinski definition) is 3. The summed E-state index contributed by atoms with van der Waals surface area (Å²) in [5.74, 6) is 2.37. The molecule has 0 saturated carbocycles. The molecule has 0 bridgehead atoms. The summed E-state index contributed by atoms with van der Waals surface area (Å²) in [4.78, 5) is 0. The summed E-state index contributed by atoms with van der Waals surface area (Å²) >= 11 is 0. The standard InChI is InChI=1S/C13H19NO2/c1-3-6-14-8-10-9-16-13-5-4-11(15-2)7-12(10)13/h4-5,7,10,14H,3,6,8-9H2,1-2H3. The summed E-state index contributed by atoms with van der Waals surface area (Å²) in [5.41, 5.74) is 1.27. The van der Waals surface area contributed by atoms with Gasteiger partial charge in [0.25, 0.3) is 0 Å². The van der Waals surface area contributed by atoms with Crippen LogP contribution in [0.4, 0.5) is 0 Å². The Morgan fingerprint density at radius 1 is 1.50 bits per heavy atom. The third-order valence-corrected chi connectivity index (χ3v) is 2.91. The average molecular weight is 221 g/mol. The van der Waals surface area contributed by atoms with Crippen LogP contribution in [0, 0.1) is 0 Å². The molecular formula is C13H19NO2. The van der Waals surface area contributed by atoms with Crippen molar-refractivity contribution in [2.75, 3.05) is 26.8 Å². The van der Waals surface area contributed by atoms with Gasteiger partial charge in [0.2, 0.25) is 0 Å². The van der Waals surface area contributed by atoms with Crippen molar-refractivity contribution < 1.29 is 9.47 Å². The molecule has 3 nitrogen and oxygen atoms in total. The zero-order chi connectivity index (χ0) is 11.4. The average Bonchev–Trinajstić information content (AvgIpc) is 2.72. The molecular weight excluding hydrogens is 202 g/mol. The minimum atomic E-state index is 0.455. The Bertz CT molecular complexity index is 352. The van der Waals surface area contributed by atoms with E-state index in [1.807, 2.05) is 12.1 Å². The van der Waals surface area contributed by atoms with Crippen LogP contribution in [0.1, 0.15) is 24.8 Å². The van der Waals surface area contributed by atoms with E-state index in [1.165, 1.54) is 12.0 Å². The van der Waals surface area contributed by atoms with Crippen LogP contribution in [0.5, 0.6) is 11.5 Å². The maximum absolute atomic E-state index is 5.65. The SMILES string of the molecule is CCCNCC1COc2ccc(OC)cc21. The quantitative estimate of drug-likeness (QED) is 0.773. The van der Waals surface area contributed by atoms with Gasteiger partial charge in [0.15, 0.2) is 0 Å². The van der Waals surface area contributed by atoms with Crippen LogP contribution in [0.2, 0.25) is 0 Å². The zero-order valence-electron chi connectivity index (χ0n) is 9.95. The summed E-state index contributed by atoms with van der Waals surface area (Å²) < 4.78 is 10.9. The largest absolute Gasteiger partial charge is 0.497 e. The van der Waals surface area contributed by atoms with Crippen molar-refractivity contribution in [2.24, 2.45) is 0 Å². The van der Waals surface area contributed by atoms with Gasteiger partial charge in [0.05, 0.1) is 13.7 Å². The highest BCUT2D eigenvalue weighted by molar-refractivity contribution is 5.45. The fourth-order valence-electron chi connectivity index (χ4n) is 2.01. The minimum absolute atomic E-state index is 0.455. The van der Waals surface area contributed by atoms with Crippen LogP contribution in [0.25, 0.3) is 0 Å². The number of benzene rings is 1. The molecule has 2 rings (SSSR count). The zero-order valence-corrected chi connectivity index (χ0v) is 9.95. The third-order valence-electron chi connectivity index (χ3n) is 2.91. The molecule has 3 heteroatoms. The Labute approximate surface area is 96.8 Å². The first kappa shape index (κ1) is 11.3. The lowest BCUT2D eigenvalue weighted by atomic mass is 10.0. The lowest BCUT2D eigenvalue weighted by Gasteiger charge is -2.10. The number of fused-ring (bicyclic) bond motifs is 1. The van der Waals surface area contributed by atoms with Crippen LogP contribution in [-0.4, -0.2) is 26.8 Å². The van der Waals surface area contributed by atoms with Crippen LogP contribution in [-0.2, 0) is 0 Å². The van der Waals surface area contributed by atoms with E-state index >= 15 is 0 Å². The van der Waals surface area contributed by atoms with Gasteiger partial charge >= 0.3 is 0 Å². The van der Waals surface area contributed by atoms with Gasteiger partial charge in [-0.25, -0.2) is 0 Å². The Morgan fingerprint density at radius 2 is 2.38 bits per heavy atom. The first-order valence-electron chi connectivity index (χ1n) is 5.86. The van der Waals surface area contributed by atoms with E-state index in [4.69, 9.17) is 9.47 Å². The van der Waals surface area contributed by atoms with Crippen molar-refractivity contribution in [3.05, 3.63) is 23.8 Å². The Balaban J connectivity index is 2.05. The number of ether oxygens (including phenoxy) is 2. The predicted octanol–water partition coefficient (Wildman–Crippen LogP) is 2.17. The van der Waals surface area contributed by atoms with Crippen molar-refractivity contribution in [2.45, 2.75) is 19.3 Å². The van der Waals surface area contributed by atoms with Gasteiger partial charge in [-0.15, -0.1) is 0 Å². The first-order valence-corrected chi connectivity index (χ1v) is 5.86. The fourth-order valence-corrected chi connectivity index (χ4v) is 2.01. The van der Waals surface area contributed by atoms with Gasteiger partial charge in [-0.1, -0.05) is 6.92 Å². The number of nitrogens with one attached hydrogen (secondary N) is 1. The maximum atomic E-state index is 5.65. The van der Waals surface area contributed by atoms with Gasteiger partial charge in [-0.3, -0.25) is 0 Å². The van der Waals surface area contributed by atoms with E-state index < -0.39 is 0 Å². The molecule has 1 aliphatic heterocycles. The molecule has 0 aliphatic carbocycles. The van der Waals surface area contributed by atoms with E-state index in [0.29, 0.717) is 5.92 Å². The summed E-state index contributed by atoms with van der Waals surface area (Å²) in [6.07, 6.45) is 1.17. The number of rotatable bonds is 5. The molecule has 1 aromatic carbocycles. The summed E-state index contributed by atoms with van der Waals surface area (Å²) in [6, 6.07) is 6.02. The van der Waals surface area contributed by atoms with Crippen molar-refractivity contribution >= 4 is 0 Å². The summed E-state index contributed by atoms with van der Waals surface area (Å²) in [5, 5.41) is 3.43. The lowest BCUT2D eigenvalue weighted by molar-refractivity contribution is 0.326. The first-order chi connectivity index (χ1) is 7.85. The van der Waals surface area contributed by atoms with Crippen molar-refractivity contribution in [1.82, 2.24) is 5.32 Å². The molecule has 1 aromatic rings. The maximum Gasteiger partial charge on any atom is 0.123 e. The molecule has 1 aliphatic rings. The monoisotopic (exact) mass is 221 g/mol. The highest BCUT2D eigenvalue weighted by Crippen LogP contribution is 2.35. The molecule has 88 valence electrons. The van der Waals surface area contributed by atoms with Gasteiger partial charge < -0.3 is 14.8 Å². The fraction of sp³-hybridized carbons (Fsp3) is 0.538. The normalized spacial score (nSPS) is 18.0. The smallest absolute Gasteiger partial charge is 0.123 e. The van der Waals surface area contributed by atoms with E-state index in [1.54, 1.807) is 7.11 Å². The summed E-state index contributed by atoms with van der Waals surface area (Å²) in [7, 11) is 1.70. The number of methoxy groups -OCH3 is 1. The van der Waals surface area contributed by atoms with Gasteiger partial charge in [0.1, 0.15) is 11.5 Å². The molecule has 0 radical (unpaired) electrons. The van der Waals surface area contributed by atoms with E-state index in [2.05, 4.69) is 18.3 Å². The lowest BCUT2D eigenvalue weighted by Crippen LogP contribution is -2.23. The van der Waals surface area contributed by atoms with Gasteiger partial charge in [-0.05, 0) is 31.2 Å². The second-order valence-corrected chi connectivity index (χ2v) is 4.12. The van der Waals surface area contributed by atoms with E-state index in [9.17, 15) is 0 Å². The van der Waals surface area contributed by atoms with Crippen molar-refractivity contribution in [1.29, 1.82) is 0 Å². The molecule has 1 N–H and O–H groups in total. The van der Waals surface area contributed by atoms with Crippen molar-refractivity contribution in [3.8, 4) is 11.5 Å². The molecule has 0 spiro atoms. The minimum Gasteiger partial charge on any atom is -0.497 e. The van der Waals surface area contributed by atoms with Gasteiger partial charge in [-0.2, -0.15) is 0 Å². The van der Waals surface area contributed by atoms with E-state index in [0.717, 1.165) is 31.2 Å².